The second-order valence-corrected chi connectivity index (χ2v) is 2.92. The standard InChI is InChI=1S/2C6H7.2FH.Hf/c2*1-6-4-2-3-5-6;;;/h2*2-5H,1H3;2*1H;/q2*-1;;;+4/p-2. The zero-order valence-corrected chi connectivity index (χ0v) is 12.5. The van der Waals surface area contributed by atoms with E-state index in [0.29, 0.717) is 0 Å². The van der Waals surface area contributed by atoms with Crippen LogP contribution in [0.1, 0.15) is 11.1 Å². The van der Waals surface area contributed by atoms with Crippen LogP contribution in [-0.2, 0) is 25.8 Å². The molecule has 80 valence electrons. The molecule has 0 spiro atoms. The summed E-state index contributed by atoms with van der Waals surface area (Å²) in [7, 11) is 0. The van der Waals surface area contributed by atoms with Gasteiger partial charge in [0.05, 0.1) is 0 Å². The first-order valence-electron chi connectivity index (χ1n) is 4.15. The molecule has 2 rings (SSSR count). The molecule has 0 nitrogen and oxygen atoms in total. The molecule has 15 heavy (non-hydrogen) atoms. The van der Waals surface area contributed by atoms with E-state index in [2.05, 4.69) is 38.1 Å². The van der Waals surface area contributed by atoms with Crippen molar-refractivity contribution in [3.63, 3.8) is 0 Å². The first kappa shape index (κ1) is 19.9. The Bertz CT molecular complexity index is 253. The molecular weight excluding hydrogens is 361 g/mol. The van der Waals surface area contributed by atoms with Crippen LogP contribution in [0.15, 0.2) is 48.5 Å². The minimum absolute atomic E-state index is 0. The summed E-state index contributed by atoms with van der Waals surface area (Å²) in [4.78, 5) is 0. The van der Waals surface area contributed by atoms with E-state index >= 15 is 0 Å². The van der Waals surface area contributed by atoms with Crippen LogP contribution in [0.5, 0.6) is 0 Å². The van der Waals surface area contributed by atoms with Gasteiger partial charge in [-0.3, -0.25) is 0 Å². The molecule has 0 N–H and O–H groups in total. The number of aryl methyl sites for hydroxylation is 2. The molecule has 0 bridgehead atoms. The molecule has 0 unspecified atom stereocenters. The van der Waals surface area contributed by atoms with Gasteiger partial charge in [-0.2, -0.15) is 35.4 Å². The van der Waals surface area contributed by atoms with Crippen molar-refractivity contribution in [2.24, 2.45) is 0 Å². The monoisotopic (exact) mass is 376 g/mol. The maximum Gasteiger partial charge on any atom is 4.00 e. The van der Waals surface area contributed by atoms with Gasteiger partial charge < -0.3 is 9.41 Å². The second-order valence-electron chi connectivity index (χ2n) is 2.92. The van der Waals surface area contributed by atoms with Crippen LogP contribution >= 0.6 is 0 Å². The minimum atomic E-state index is 0. The summed E-state index contributed by atoms with van der Waals surface area (Å²) in [6.07, 6.45) is 0. The number of hydrogen-bond acceptors (Lipinski definition) is 0. The molecule has 2 aromatic carbocycles. The Morgan fingerprint density at radius 3 is 0.867 bits per heavy atom. The van der Waals surface area contributed by atoms with Crippen molar-refractivity contribution in [2.75, 3.05) is 0 Å². The fourth-order valence-electron chi connectivity index (χ4n) is 0.940. The quantitative estimate of drug-likeness (QED) is 0.351. The second kappa shape index (κ2) is 11.5. The van der Waals surface area contributed by atoms with Gasteiger partial charge in [-0.05, 0) is 0 Å². The van der Waals surface area contributed by atoms with E-state index in [1.165, 1.54) is 11.1 Å². The molecule has 2 aromatic rings. The van der Waals surface area contributed by atoms with Crippen molar-refractivity contribution < 1.29 is 35.3 Å². The van der Waals surface area contributed by atoms with Crippen LogP contribution < -0.4 is 9.41 Å². The number of halogens is 2. The Hall–Kier alpha value is -0.570. The summed E-state index contributed by atoms with van der Waals surface area (Å²) >= 11 is 0. The summed E-state index contributed by atoms with van der Waals surface area (Å²) in [5, 5.41) is 0. The molecule has 0 atom stereocenters. The average molecular weight is 375 g/mol. The van der Waals surface area contributed by atoms with Crippen molar-refractivity contribution in [1.82, 2.24) is 0 Å². The van der Waals surface area contributed by atoms with Gasteiger partial charge in [0.15, 0.2) is 0 Å². The first-order chi connectivity index (χ1) is 5.79. The maximum absolute atomic E-state index is 2.08. The van der Waals surface area contributed by atoms with Crippen LogP contribution in [0.25, 0.3) is 0 Å². The molecule has 0 aliphatic heterocycles. The molecule has 0 amide bonds. The smallest absolute Gasteiger partial charge is 1.00 e. The summed E-state index contributed by atoms with van der Waals surface area (Å²) in [6.45, 7) is 4.17. The van der Waals surface area contributed by atoms with E-state index in [0.717, 1.165) is 0 Å². The third kappa shape index (κ3) is 9.73. The van der Waals surface area contributed by atoms with Gasteiger partial charge in [0.1, 0.15) is 0 Å². The van der Waals surface area contributed by atoms with Crippen molar-refractivity contribution in [3.05, 3.63) is 59.7 Å². The van der Waals surface area contributed by atoms with E-state index in [1.807, 2.05) is 24.3 Å². The molecule has 3 heteroatoms. The van der Waals surface area contributed by atoms with Crippen LogP contribution in [-0.4, -0.2) is 0 Å². The van der Waals surface area contributed by atoms with Gasteiger partial charge in [-0.15, -0.1) is 0 Å². The van der Waals surface area contributed by atoms with Crippen molar-refractivity contribution >= 4 is 0 Å². The Balaban J connectivity index is -0.000000160. The third-order valence-corrected chi connectivity index (χ3v) is 1.66. The summed E-state index contributed by atoms with van der Waals surface area (Å²) < 4.78 is 0. The number of hydrogen-bond donors (Lipinski definition) is 0. The minimum Gasteiger partial charge on any atom is -1.00 e. The fourth-order valence-corrected chi connectivity index (χ4v) is 0.940. The molecule has 0 saturated heterocycles. The van der Waals surface area contributed by atoms with Gasteiger partial charge in [-0.25, -0.2) is 24.3 Å². The fraction of sp³-hybridized carbons (Fsp3) is 0.167. The van der Waals surface area contributed by atoms with Gasteiger partial charge in [0.25, 0.3) is 0 Å². The average Bonchev–Trinajstić information content (AvgIpc) is 2.63. The molecular formula is C12H14F2Hf. The van der Waals surface area contributed by atoms with Crippen LogP contribution in [0.2, 0.25) is 0 Å². The van der Waals surface area contributed by atoms with Gasteiger partial charge >= 0.3 is 25.8 Å². The van der Waals surface area contributed by atoms with E-state index in [4.69, 9.17) is 0 Å². The Morgan fingerprint density at radius 1 is 0.600 bits per heavy atom. The van der Waals surface area contributed by atoms with Gasteiger partial charge in [0.2, 0.25) is 0 Å². The normalized spacial score (nSPS) is 7.07. The molecule has 0 aliphatic rings. The van der Waals surface area contributed by atoms with Crippen LogP contribution in [0, 0.1) is 13.8 Å². The SMILES string of the molecule is C[c-]1cccc1.C[c-]1cccc1.[F-].[F-].[Hf+4]. The molecule has 0 aliphatic carbocycles. The van der Waals surface area contributed by atoms with E-state index in [9.17, 15) is 0 Å². The molecule has 0 heterocycles. The third-order valence-electron chi connectivity index (χ3n) is 1.66. The Labute approximate surface area is 109 Å². The summed E-state index contributed by atoms with van der Waals surface area (Å²) in [6, 6.07) is 16.5. The van der Waals surface area contributed by atoms with E-state index in [-0.39, 0.29) is 35.3 Å². The molecule has 0 fully saturated rings. The van der Waals surface area contributed by atoms with E-state index < -0.39 is 0 Å². The summed E-state index contributed by atoms with van der Waals surface area (Å²) in [5.41, 5.74) is 2.69. The predicted octanol–water partition coefficient (Wildman–Crippen LogP) is -2.57. The molecule has 0 saturated carbocycles. The molecule has 0 aromatic heterocycles. The van der Waals surface area contributed by atoms with Crippen LogP contribution in [0.4, 0.5) is 0 Å². The zero-order valence-electron chi connectivity index (χ0n) is 8.87. The van der Waals surface area contributed by atoms with Crippen molar-refractivity contribution in [1.29, 1.82) is 0 Å². The maximum atomic E-state index is 2.08. The Kier molecular flexibility index (Phi) is 15.3. The van der Waals surface area contributed by atoms with Gasteiger partial charge in [-0.1, -0.05) is 13.8 Å². The topological polar surface area (TPSA) is 0 Å². The van der Waals surface area contributed by atoms with Crippen molar-refractivity contribution in [3.8, 4) is 0 Å². The van der Waals surface area contributed by atoms with E-state index in [1.54, 1.807) is 0 Å². The van der Waals surface area contributed by atoms with Crippen LogP contribution in [0.3, 0.4) is 0 Å². The number of rotatable bonds is 0. The Morgan fingerprint density at radius 2 is 0.800 bits per heavy atom. The summed E-state index contributed by atoms with van der Waals surface area (Å²) in [5.74, 6) is 0. The largest absolute Gasteiger partial charge is 4.00 e. The zero-order chi connectivity index (χ0) is 8.81. The predicted molar refractivity (Wildman–Crippen MR) is 53.5 cm³/mol. The molecule has 0 radical (unpaired) electrons. The first-order valence-corrected chi connectivity index (χ1v) is 4.15. The van der Waals surface area contributed by atoms with Gasteiger partial charge in [0, 0.05) is 0 Å². The van der Waals surface area contributed by atoms with Crippen molar-refractivity contribution in [2.45, 2.75) is 13.8 Å².